The second kappa shape index (κ2) is 9.52. The minimum absolute atomic E-state index is 0.156. The van der Waals surface area contributed by atoms with Crippen LogP contribution in [0.5, 0.6) is 0 Å². The molecule has 0 aliphatic heterocycles. The van der Waals surface area contributed by atoms with E-state index in [1.165, 1.54) is 12.1 Å². The van der Waals surface area contributed by atoms with Gasteiger partial charge in [0.25, 0.3) is 0 Å². The van der Waals surface area contributed by atoms with E-state index in [1.807, 2.05) is 7.05 Å². The van der Waals surface area contributed by atoms with Gasteiger partial charge in [0.1, 0.15) is 0 Å². The van der Waals surface area contributed by atoms with Crippen LogP contribution in [0.3, 0.4) is 0 Å². The van der Waals surface area contributed by atoms with Crippen LogP contribution in [0.25, 0.3) is 22.1 Å². The maximum absolute atomic E-state index is 12.9. The number of nitrogens with zero attached hydrogens (tertiary/aromatic N) is 5. The topological polar surface area (TPSA) is 90.9 Å². The summed E-state index contributed by atoms with van der Waals surface area (Å²) in [6.07, 6.45) is -7.53. The Morgan fingerprint density at radius 2 is 1.11 bits per heavy atom. The lowest BCUT2D eigenvalue weighted by molar-refractivity contribution is -0.138. The summed E-state index contributed by atoms with van der Waals surface area (Å²) < 4.78 is 81.0. The molecular formula is C23H25F6N7. The van der Waals surface area contributed by atoms with Crippen LogP contribution < -0.4 is 11.5 Å². The molecule has 0 amide bonds. The van der Waals surface area contributed by atoms with Crippen molar-refractivity contribution < 1.29 is 26.3 Å². The number of aromatic nitrogens is 4. The molecule has 2 aromatic carbocycles. The highest BCUT2D eigenvalue weighted by Crippen LogP contribution is 2.33. The van der Waals surface area contributed by atoms with E-state index in [-0.39, 0.29) is 22.9 Å². The van der Waals surface area contributed by atoms with Crippen LogP contribution in [0.1, 0.15) is 24.0 Å². The Morgan fingerprint density at radius 3 is 1.47 bits per heavy atom. The zero-order chi connectivity index (χ0) is 26.3. The summed E-state index contributed by atoms with van der Waals surface area (Å²) in [5.41, 5.74) is 11.8. The van der Waals surface area contributed by atoms with Crippen molar-refractivity contribution in [1.82, 2.24) is 24.0 Å². The zero-order valence-electron chi connectivity index (χ0n) is 19.4. The van der Waals surface area contributed by atoms with Gasteiger partial charge in [-0.1, -0.05) is 0 Å². The molecule has 0 unspecified atom stereocenters. The maximum atomic E-state index is 12.9. The first kappa shape index (κ1) is 25.6. The molecule has 2 heterocycles. The second-order valence-corrected chi connectivity index (χ2v) is 8.66. The van der Waals surface area contributed by atoms with Crippen LogP contribution in [0.15, 0.2) is 36.4 Å². The minimum Gasteiger partial charge on any atom is -0.369 e. The van der Waals surface area contributed by atoms with E-state index in [2.05, 4.69) is 14.9 Å². The molecule has 0 aliphatic carbocycles. The van der Waals surface area contributed by atoms with Gasteiger partial charge >= 0.3 is 12.4 Å². The molecule has 0 fully saturated rings. The van der Waals surface area contributed by atoms with Gasteiger partial charge in [0.2, 0.25) is 11.9 Å². The summed E-state index contributed by atoms with van der Waals surface area (Å²) in [4.78, 5) is 10.2. The predicted octanol–water partition coefficient (Wildman–Crippen LogP) is 5.00. The lowest BCUT2D eigenvalue weighted by Gasteiger charge is -2.17. The summed E-state index contributed by atoms with van der Waals surface area (Å²) in [7, 11) is 1.93. The monoisotopic (exact) mass is 513 g/mol. The largest absolute Gasteiger partial charge is 0.416 e. The third-order valence-corrected chi connectivity index (χ3v) is 6.05. The van der Waals surface area contributed by atoms with Crippen molar-refractivity contribution in [3.05, 3.63) is 47.5 Å². The fraction of sp³-hybridized carbons (Fsp3) is 0.391. The molecule has 4 aromatic rings. The lowest BCUT2D eigenvalue weighted by atomic mass is 10.2. The van der Waals surface area contributed by atoms with Gasteiger partial charge in [-0.3, -0.25) is 0 Å². The molecule has 0 aliphatic rings. The number of halogens is 6. The molecule has 13 heteroatoms. The van der Waals surface area contributed by atoms with Gasteiger partial charge in [-0.25, -0.2) is 9.97 Å². The van der Waals surface area contributed by atoms with Crippen LogP contribution in [0, 0.1) is 0 Å². The molecule has 194 valence electrons. The van der Waals surface area contributed by atoms with Crippen molar-refractivity contribution >= 4 is 34.0 Å². The number of fused-ring (bicyclic) bond motifs is 2. The predicted molar refractivity (Wildman–Crippen MR) is 125 cm³/mol. The Bertz CT molecular complexity index is 1270. The number of benzene rings is 2. The van der Waals surface area contributed by atoms with Crippen LogP contribution in [-0.2, 0) is 25.4 Å². The number of alkyl halides is 6. The molecule has 0 saturated carbocycles. The highest BCUT2D eigenvalue weighted by molar-refractivity contribution is 5.80. The quantitative estimate of drug-likeness (QED) is 0.324. The molecule has 4 rings (SSSR count). The molecule has 2 aromatic heterocycles. The smallest absolute Gasteiger partial charge is 0.369 e. The average molecular weight is 513 g/mol. The van der Waals surface area contributed by atoms with Crippen LogP contribution >= 0.6 is 0 Å². The first-order valence-electron chi connectivity index (χ1n) is 11.2. The molecule has 0 saturated heterocycles. The van der Waals surface area contributed by atoms with E-state index >= 15 is 0 Å². The van der Waals surface area contributed by atoms with Crippen molar-refractivity contribution in [3.8, 4) is 0 Å². The van der Waals surface area contributed by atoms with E-state index in [0.29, 0.717) is 50.1 Å². The number of hydrogen-bond donors (Lipinski definition) is 2. The number of imidazole rings is 2. The van der Waals surface area contributed by atoms with Gasteiger partial charge in [0.05, 0.1) is 33.2 Å². The van der Waals surface area contributed by atoms with E-state index in [1.54, 1.807) is 9.13 Å². The maximum Gasteiger partial charge on any atom is 0.416 e. The van der Waals surface area contributed by atoms with Gasteiger partial charge in [-0.05, 0) is 69.4 Å². The standard InChI is InChI=1S/C23H25F6N7/c1-34(8-2-10-35-18-6-4-14(22(24,25)26)12-16(18)32-20(35)30)9-3-11-36-19-7-5-15(23(27,28)29)13-17(19)33-21(36)31/h4-7,12-13H,2-3,8-11H2,1H3,(H2,30,32)(H2,31,33). The van der Waals surface area contributed by atoms with Crippen LogP contribution in [0.4, 0.5) is 38.2 Å². The van der Waals surface area contributed by atoms with Crippen molar-refractivity contribution in [3.63, 3.8) is 0 Å². The molecule has 0 radical (unpaired) electrons. The van der Waals surface area contributed by atoms with Gasteiger partial charge in [-0.2, -0.15) is 26.3 Å². The van der Waals surface area contributed by atoms with E-state index in [9.17, 15) is 26.3 Å². The van der Waals surface area contributed by atoms with Gasteiger partial charge in [-0.15, -0.1) is 0 Å². The molecule has 36 heavy (non-hydrogen) atoms. The number of nitrogens with two attached hydrogens (primary N) is 2. The summed E-state index contributed by atoms with van der Waals surface area (Å²) in [5.74, 6) is 0.311. The summed E-state index contributed by atoms with van der Waals surface area (Å²) in [6, 6.07) is 6.77. The molecular weight excluding hydrogens is 488 g/mol. The minimum atomic E-state index is -4.45. The van der Waals surface area contributed by atoms with Gasteiger partial charge in [0.15, 0.2) is 0 Å². The summed E-state index contributed by atoms with van der Waals surface area (Å²) >= 11 is 0. The molecule has 7 nitrogen and oxygen atoms in total. The number of aryl methyl sites for hydroxylation is 2. The Hall–Kier alpha value is -3.48. The zero-order valence-corrected chi connectivity index (χ0v) is 19.4. The Kier molecular flexibility index (Phi) is 6.78. The number of rotatable bonds is 8. The average Bonchev–Trinajstić information content (AvgIpc) is 3.27. The molecule has 0 bridgehead atoms. The number of nitrogen functional groups attached to an aromatic ring is 2. The highest BCUT2D eigenvalue weighted by Gasteiger charge is 2.32. The van der Waals surface area contributed by atoms with E-state index < -0.39 is 23.5 Å². The first-order chi connectivity index (χ1) is 16.8. The first-order valence-corrected chi connectivity index (χ1v) is 11.2. The Labute approximate surface area is 202 Å². The fourth-order valence-electron chi connectivity index (χ4n) is 4.23. The summed E-state index contributed by atoms with van der Waals surface area (Å²) in [6.45, 7) is 2.35. The van der Waals surface area contributed by atoms with Crippen molar-refractivity contribution in [2.75, 3.05) is 31.6 Å². The SMILES string of the molecule is CN(CCCn1c(N)nc2cc(C(F)(F)F)ccc21)CCCn1c(N)nc2cc(C(F)(F)F)ccc21. The number of anilines is 2. The molecule has 4 N–H and O–H groups in total. The normalized spacial score (nSPS) is 12.9. The number of hydrogen-bond acceptors (Lipinski definition) is 5. The van der Waals surface area contributed by atoms with Crippen LogP contribution in [-0.4, -0.2) is 44.1 Å². The third kappa shape index (κ3) is 5.35. The molecule has 0 atom stereocenters. The third-order valence-electron chi connectivity index (χ3n) is 6.05. The Morgan fingerprint density at radius 1 is 0.722 bits per heavy atom. The Balaban J connectivity index is 1.31. The fourth-order valence-corrected chi connectivity index (χ4v) is 4.23. The van der Waals surface area contributed by atoms with E-state index in [4.69, 9.17) is 11.5 Å². The van der Waals surface area contributed by atoms with Crippen LogP contribution in [0.2, 0.25) is 0 Å². The van der Waals surface area contributed by atoms with Crippen molar-refractivity contribution in [1.29, 1.82) is 0 Å². The lowest BCUT2D eigenvalue weighted by Crippen LogP contribution is -2.23. The van der Waals surface area contributed by atoms with Crippen molar-refractivity contribution in [2.24, 2.45) is 0 Å². The van der Waals surface area contributed by atoms with Gasteiger partial charge in [0, 0.05) is 13.1 Å². The molecule has 0 spiro atoms. The second-order valence-electron chi connectivity index (χ2n) is 8.66. The van der Waals surface area contributed by atoms with Gasteiger partial charge < -0.3 is 25.5 Å². The highest BCUT2D eigenvalue weighted by atomic mass is 19.4. The van der Waals surface area contributed by atoms with E-state index in [0.717, 1.165) is 24.3 Å². The van der Waals surface area contributed by atoms with Crippen molar-refractivity contribution in [2.45, 2.75) is 38.3 Å². The summed E-state index contributed by atoms with van der Waals surface area (Å²) in [5, 5.41) is 0.